The Labute approximate surface area is 192 Å². The van der Waals surface area contributed by atoms with Crippen LogP contribution in [0.2, 0.25) is 0 Å². The SMILES string of the molecule is O=C(O)c1ccc2c(C3CCCCC3)c(-c3ccoc3)n(CCC(=O)N3CCOCC3)c2c1. The van der Waals surface area contributed by atoms with E-state index in [4.69, 9.17) is 9.15 Å². The van der Waals surface area contributed by atoms with Crippen molar-refractivity contribution < 1.29 is 23.8 Å². The van der Waals surface area contributed by atoms with Crippen LogP contribution in [-0.2, 0) is 16.1 Å². The topological polar surface area (TPSA) is 84.9 Å². The molecule has 2 aromatic heterocycles. The number of nitrogens with zero attached hydrogens (tertiary/aromatic N) is 2. The molecule has 0 bridgehead atoms. The minimum absolute atomic E-state index is 0.104. The Morgan fingerprint density at radius 3 is 2.55 bits per heavy atom. The molecule has 3 heterocycles. The normalized spacial score (nSPS) is 17.5. The van der Waals surface area contributed by atoms with Crippen LogP contribution >= 0.6 is 0 Å². The number of rotatable bonds is 6. The Bertz CT molecular complexity index is 1140. The molecule has 0 atom stereocenters. The monoisotopic (exact) mass is 450 g/mol. The minimum atomic E-state index is -0.946. The third-order valence-electron chi connectivity index (χ3n) is 7.07. The Kier molecular flexibility index (Phi) is 6.22. The Morgan fingerprint density at radius 2 is 1.85 bits per heavy atom. The van der Waals surface area contributed by atoms with Crippen LogP contribution in [0.5, 0.6) is 0 Å². The highest BCUT2D eigenvalue weighted by Crippen LogP contribution is 2.44. The largest absolute Gasteiger partial charge is 0.478 e. The summed E-state index contributed by atoms with van der Waals surface area (Å²) >= 11 is 0. The quantitative estimate of drug-likeness (QED) is 0.578. The van der Waals surface area contributed by atoms with Crippen molar-refractivity contribution in [2.75, 3.05) is 26.3 Å². The van der Waals surface area contributed by atoms with Gasteiger partial charge in [-0.15, -0.1) is 0 Å². The standard InChI is InChI=1S/C26H30N2O5/c29-23(27-11-14-32-15-12-27)8-10-28-22-16-19(26(30)31)6-7-21(22)24(18-4-2-1-3-5-18)25(28)20-9-13-33-17-20/h6-7,9,13,16-18H,1-5,8,10-12,14-15H2,(H,30,31). The Morgan fingerprint density at radius 1 is 1.06 bits per heavy atom. The lowest BCUT2D eigenvalue weighted by Crippen LogP contribution is -2.41. The smallest absolute Gasteiger partial charge is 0.335 e. The third-order valence-corrected chi connectivity index (χ3v) is 7.07. The van der Waals surface area contributed by atoms with Crippen molar-refractivity contribution in [2.24, 2.45) is 0 Å². The van der Waals surface area contributed by atoms with Crippen LogP contribution in [0.25, 0.3) is 22.2 Å². The number of carboxylic acid groups (broad SMARTS) is 1. The number of hydrogen-bond acceptors (Lipinski definition) is 4. The third kappa shape index (κ3) is 4.29. The van der Waals surface area contributed by atoms with Gasteiger partial charge < -0.3 is 23.7 Å². The lowest BCUT2D eigenvalue weighted by Gasteiger charge is -2.27. The highest BCUT2D eigenvalue weighted by molar-refractivity contribution is 5.98. The van der Waals surface area contributed by atoms with Crippen molar-refractivity contribution in [3.05, 3.63) is 47.9 Å². The average Bonchev–Trinajstić information content (AvgIpc) is 3.49. The number of benzene rings is 1. The number of fused-ring (bicyclic) bond motifs is 1. The molecule has 5 rings (SSSR count). The van der Waals surface area contributed by atoms with Gasteiger partial charge in [0.15, 0.2) is 0 Å². The summed E-state index contributed by atoms with van der Waals surface area (Å²) in [5.41, 5.74) is 4.43. The lowest BCUT2D eigenvalue weighted by atomic mass is 9.82. The molecule has 2 fully saturated rings. The highest BCUT2D eigenvalue weighted by atomic mass is 16.5. The molecular weight excluding hydrogens is 420 g/mol. The Balaban J connectivity index is 1.61. The van der Waals surface area contributed by atoms with E-state index < -0.39 is 5.97 Å². The van der Waals surface area contributed by atoms with Crippen LogP contribution in [0.15, 0.2) is 41.2 Å². The van der Waals surface area contributed by atoms with Gasteiger partial charge in [0.2, 0.25) is 5.91 Å². The van der Waals surface area contributed by atoms with Gasteiger partial charge in [-0.3, -0.25) is 4.79 Å². The van der Waals surface area contributed by atoms with E-state index in [-0.39, 0.29) is 11.5 Å². The van der Waals surface area contributed by atoms with E-state index in [2.05, 4.69) is 4.57 Å². The van der Waals surface area contributed by atoms with Crippen molar-refractivity contribution in [3.63, 3.8) is 0 Å². The number of carbonyl (C=O) groups excluding carboxylic acids is 1. The van der Waals surface area contributed by atoms with Crippen LogP contribution in [-0.4, -0.2) is 52.8 Å². The van der Waals surface area contributed by atoms with Crippen LogP contribution in [0.1, 0.15) is 60.4 Å². The number of hydrogen-bond donors (Lipinski definition) is 1. The maximum Gasteiger partial charge on any atom is 0.335 e. The van der Waals surface area contributed by atoms with Crippen molar-refractivity contribution in [1.82, 2.24) is 9.47 Å². The van der Waals surface area contributed by atoms with E-state index in [1.165, 1.54) is 24.8 Å². The fourth-order valence-electron chi connectivity index (χ4n) is 5.43. The highest BCUT2D eigenvalue weighted by Gasteiger charge is 2.28. The van der Waals surface area contributed by atoms with Gasteiger partial charge in [0, 0.05) is 42.5 Å². The number of morpholine rings is 1. The van der Waals surface area contributed by atoms with E-state index in [1.54, 1.807) is 24.7 Å². The Hall–Kier alpha value is -3.06. The predicted molar refractivity (Wildman–Crippen MR) is 124 cm³/mol. The summed E-state index contributed by atoms with van der Waals surface area (Å²) in [5, 5.41) is 10.7. The summed E-state index contributed by atoms with van der Waals surface area (Å²) in [4.78, 5) is 26.5. The molecule has 1 amide bonds. The molecular formula is C26H30N2O5. The number of carbonyl (C=O) groups is 2. The van der Waals surface area contributed by atoms with Gasteiger partial charge in [0.05, 0.1) is 37.0 Å². The van der Waals surface area contributed by atoms with E-state index >= 15 is 0 Å². The second kappa shape index (κ2) is 9.43. The fourth-order valence-corrected chi connectivity index (χ4v) is 5.43. The van der Waals surface area contributed by atoms with Crippen LogP contribution in [0.3, 0.4) is 0 Å². The van der Waals surface area contributed by atoms with Crippen molar-refractivity contribution >= 4 is 22.8 Å². The van der Waals surface area contributed by atoms with Gasteiger partial charge in [-0.05, 0) is 42.5 Å². The number of aryl methyl sites for hydroxylation is 1. The number of aromatic nitrogens is 1. The summed E-state index contributed by atoms with van der Waals surface area (Å²) in [5.74, 6) is -0.428. The molecule has 3 aromatic rings. The van der Waals surface area contributed by atoms with Gasteiger partial charge in [-0.1, -0.05) is 25.3 Å². The molecule has 1 N–H and O–H groups in total. The molecule has 0 unspecified atom stereocenters. The molecule has 1 aliphatic carbocycles. The molecule has 7 heteroatoms. The molecule has 174 valence electrons. The number of carboxylic acids is 1. The summed E-state index contributed by atoms with van der Waals surface area (Å²) in [6.45, 7) is 2.88. The zero-order chi connectivity index (χ0) is 22.8. The fraction of sp³-hybridized carbons (Fsp3) is 0.462. The van der Waals surface area contributed by atoms with Crippen LogP contribution in [0.4, 0.5) is 0 Å². The molecule has 0 radical (unpaired) electrons. The molecule has 7 nitrogen and oxygen atoms in total. The second-order valence-electron chi connectivity index (χ2n) is 9.04. The van der Waals surface area contributed by atoms with E-state index in [0.29, 0.717) is 45.2 Å². The predicted octanol–water partition coefficient (Wildman–Crippen LogP) is 4.90. The first-order chi connectivity index (χ1) is 16.1. The van der Waals surface area contributed by atoms with Gasteiger partial charge in [0.1, 0.15) is 0 Å². The lowest BCUT2D eigenvalue weighted by molar-refractivity contribution is -0.135. The maximum absolute atomic E-state index is 12.9. The number of amides is 1. The van der Waals surface area contributed by atoms with E-state index in [1.807, 2.05) is 17.0 Å². The zero-order valence-corrected chi connectivity index (χ0v) is 18.8. The van der Waals surface area contributed by atoms with Crippen LogP contribution < -0.4 is 0 Å². The van der Waals surface area contributed by atoms with Gasteiger partial charge >= 0.3 is 5.97 Å². The van der Waals surface area contributed by atoms with Gasteiger partial charge in [0.25, 0.3) is 0 Å². The first-order valence-electron chi connectivity index (χ1n) is 11.9. The minimum Gasteiger partial charge on any atom is -0.478 e. The summed E-state index contributed by atoms with van der Waals surface area (Å²) in [7, 11) is 0. The molecule has 2 aliphatic rings. The van der Waals surface area contributed by atoms with E-state index in [9.17, 15) is 14.7 Å². The average molecular weight is 451 g/mol. The first-order valence-corrected chi connectivity index (χ1v) is 11.9. The second-order valence-corrected chi connectivity index (χ2v) is 9.04. The number of furan rings is 1. The van der Waals surface area contributed by atoms with Gasteiger partial charge in [-0.2, -0.15) is 0 Å². The van der Waals surface area contributed by atoms with E-state index in [0.717, 1.165) is 35.0 Å². The van der Waals surface area contributed by atoms with Gasteiger partial charge in [-0.25, -0.2) is 4.79 Å². The first kappa shape index (κ1) is 21.8. The van der Waals surface area contributed by atoms with Crippen molar-refractivity contribution in [1.29, 1.82) is 0 Å². The summed E-state index contributed by atoms with van der Waals surface area (Å²) in [6, 6.07) is 7.36. The molecule has 1 aliphatic heterocycles. The maximum atomic E-state index is 12.9. The van der Waals surface area contributed by atoms with Crippen LogP contribution in [0, 0.1) is 0 Å². The molecule has 1 saturated heterocycles. The summed E-state index contributed by atoms with van der Waals surface area (Å²) < 4.78 is 13.0. The van der Waals surface area contributed by atoms with Crippen molar-refractivity contribution in [2.45, 2.75) is 51.0 Å². The molecule has 33 heavy (non-hydrogen) atoms. The molecule has 0 spiro atoms. The molecule has 1 aromatic carbocycles. The zero-order valence-electron chi connectivity index (χ0n) is 18.8. The number of ether oxygens (including phenoxy) is 1. The summed E-state index contributed by atoms with van der Waals surface area (Å²) in [6.07, 6.45) is 9.68. The van der Waals surface area contributed by atoms with Crippen molar-refractivity contribution in [3.8, 4) is 11.3 Å². The molecule has 1 saturated carbocycles. The number of aromatic carboxylic acids is 1.